The molecule has 0 atom stereocenters. The molecule has 0 aliphatic carbocycles. The van der Waals surface area contributed by atoms with Gasteiger partial charge in [-0.3, -0.25) is 4.98 Å². The van der Waals surface area contributed by atoms with E-state index in [9.17, 15) is 9.90 Å². The zero-order valence-corrected chi connectivity index (χ0v) is 18.7. The molecule has 2 aromatic rings. The van der Waals surface area contributed by atoms with Crippen LogP contribution in [0.2, 0.25) is 0 Å². The molecule has 0 aromatic carbocycles. The van der Waals surface area contributed by atoms with Crippen molar-refractivity contribution in [2.75, 3.05) is 7.11 Å². The summed E-state index contributed by atoms with van der Waals surface area (Å²) in [7, 11) is 1.34. The first-order valence-corrected chi connectivity index (χ1v) is 6.90. The number of halogens is 1. The van der Waals surface area contributed by atoms with Crippen molar-refractivity contribution in [2.45, 2.75) is 33.3 Å². The molecule has 134 valence electrons. The number of carbonyl (C=O) groups excluding carboxylic acids is 1. The number of aliphatic hydroxyl groups is 1. The summed E-state index contributed by atoms with van der Waals surface area (Å²) in [5, 5.41) is 9.55. The van der Waals surface area contributed by atoms with Gasteiger partial charge in [0.1, 0.15) is 11.3 Å². The maximum absolute atomic E-state index is 10.9. The third-order valence-electron chi connectivity index (χ3n) is 2.85. The van der Waals surface area contributed by atoms with Crippen LogP contribution in [0.5, 0.6) is 0 Å². The molecule has 1 N–H and O–H groups in total. The Balaban J connectivity index is -0.000000346. The maximum atomic E-state index is 10.9. The average molecular weight is 422 g/mol. The molecule has 0 aliphatic rings. The van der Waals surface area contributed by atoms with Crippen LogP contribution in [0, 0.1) is 21.3 Å². The van der Waals surface area contributed by atoms with Crippen molar-refractivity contribution in [3.8, 4) is 0 Å². The van der Waals surface area contributed by atoms with Crippen molar-refractivity contribution in [1.82, 2.24) is 9.97 Å². The molecule has 2 rings (SSSR count). The molecule has 0 spiro atoms. The first-order chi connectivity index (χ1) is 10.2. The number of rotatable bonds is 2. The van der Waals surface area contributed by atoms with E-state index >= 15 is 0 Å². The molecule has 2 aromatic heterocycles. The molecule has 0 saturated carbocycles. The van der Waals surface area contributed by atoms with Crippen molar-refractivity contribution in [3.63, 3.8) is 0 Å². The Morgan fingerprint density at radius 3 is 1.92 bits per heavy atom. The number of nitrogens with zero attached hydrogens (tertiary/aromatic N) is 2. The summed E-state index contributed by atoms with van der Waals surface area (Å²) in [4.78, 5) is 18.8. The molecule has 0 radical (unpaired) electrons. The Kier molecular flexibility index (Phi) is 15.2. The van der Waals surface area contributed by atoms with E-state index in [0.717, 1.165) is 16.8 Å². The summed E-state index contributed by atoms with van der Waals surface area (Å²) in [6, 6.07) is 7.31. The standard InChI is InChI=1S/C9H13NO.C8H9NO2.CH3.BrH.Mg/c1-7-4-5-10-8(6-7)9(2,3)11;1-6-3-4-9-7(5-6)8(10)11-2;;;/h4-6,11H,1-3H3;3-5H,1-2H3;1H3;1H;/q;;-1;;+2/p-1. The summed E-state index contributed by atoms with van der Waals surface area (Å²) < 4.78 is 4.49. The monoisotopic (exact) mass is 420 g/mol. The second-order valence-electron chi connectivity index (χ2n) is 5.49. The van der Waals surface area contributed by atoms with Gasteiger partial charge in [-0.05, 0) is 63.1 Å². The zero-order valence-electron chi connectivity index (χ0n) is 15.7. The van der Waals surface area contributed by atoms with Crippen LogP contribution >= 0.6 is 0 Å². The van der Waals surface area contributed by atoms with Gasteiger partial charge in [-0.25, -0.2) is 9.78 Å². The number of methoxy groups -OCH3 is 1. The van der Waals surface area contributed by atoms with Crippen molar-refractivity contribution >= 4 is 29.0 Å². The molecule has 2 heterocycles. The number of pyridine rings is 2. The third-order valence-corrected chi connectivity index (χ3v) is 2.85. The molecular weight excluding hydrogens is 396 g/mol. The molecule has 0 amide bonds. The largest absolute Gasteiger partial charge is 2.00 e. The minimum atomic E-state index is -0.827. The molecule has 0 saturated heterocycles. The van der Waals surface area contributed by atoms with E-state index in [0.29, 0.717) is 5.69 Å². The maximum Gasteiger partial charge on any atom is 2.00 e. The van der Waals surface area contributed by atoms with Gasteiger partial charge in [0.15, 0.2) is 0 Å². The van der Waals surface area contributed by atoms with Crippen LogP contribution in [-0.2, 0) is 10.3 Å². The van der Waals surface area contributed by atoms with Gasteiger partial charge in [0.05, 0.1) is 12.8 Å². The smallest absolute Gasteiger partial charge is 1.00 e. The Morgan fingerprint density at radius 2 is 1.56 bits per heavy atom. The second kappa shape index (κ2) is 13.2. The average Bonchev–Trinajstić information content (AvgIpc) is 2.46. The Labute approximate surface area is 177 Å². The summed E-state index contributed by atoms with van der Waals surface area (Å²) in [6.07, 6.45) is 3.30. The van der Waals surface area contributed by atoms with E-state index in [2.05, 4.69) is 14.7 Å². The molecule has 5 nitrogen and oxygen atoms in total. The minimum Gasteiger partial charge on any atom is -1.00 e. The summed E-state index contributed by atoms with van der Waals surface area (Å²) in [5.41, 5.74) is 2.37. The van der Waals surface area contributed by atoms with Crippen molar-refractivity contribution in [1.29, 1.82) is 0 Å². The Bertz CT molecular complexity index is 646. The van der Waals surface area contributed by atoms with E-state index in [1.807, 2.05) is 32.0 Å². The van der Waals surface area contributed by atoms with E-state index in [1.165, 1.54) is 7.11 Å². The fraction of sp³-hybridized carbons (Fsp3) is 0.333. The van der Waals surface area contributed by atoms with Crippen molar-refractivity contribution < 1.29 is 31.6 Å². The van der Waals surface area contributed by atoms with Gasteiger partial charge in [-0.1, -0.05) is 0 Å². The Morgan fingerprint density at radius 1 is 1.08 bits per heavy atom. The Hall–Kier alpha value is -1.02. The number of aryl methyl sites for hydroxylation is 2. The van der Waals surface area contributed by atoms with Crippen LogP contribution in [0.3, 0.4) is 0 Å². The van der Waals surface area contributed by atoms with Crippen LogP contribution in [0.4, 0.5) is 0 Å². The van der Waals surface area contributed by atoms with Crippen molar-refractivity contribution in [2.24, 2.45) is 0 Å². The SMILES string of the molecule is COC(=O)c1cc(C)ccn1.Cc1ccnc(C(C)(C)O)c1.[Br-].[CH3-].[Mg+2]. The second-order valence-corrected chi connectivity index (χ2v) is 5.49. The predicted molar refractivity (Wildman–Crippen MR) is 96.7 cm³/mol. The fourth-order valence-corrected chi connectivity index (χ4v) is 1.62. The van der Waals surface area contributed by atoms with Crippen LogP contribution in [0.1, 0.15) is 41.2 Å². The molecule has 0 bridgehead atoms. The van der Waals surface area contributed by atoms with Gasteiger partial charge >= 0.3 is 29.0 Å². The molecule has 7 heteroatoms. The number of aromatic nitrogens is 2. The van der Waals surface area contributed by atoms with Crippen LogP contribution in [-0.4, -0.2) is 51.2 Å². The molecular formula is C18H25BrMgN2O3. The van der Waals surface area contributed by atoms with E-state index in [-0.39, 0.29) is 47.5 Å². The molecule has 0 unspecified atom stereocenters. The summed E-state index contributed by atoms with van der Waals surface area (Å²) in [5.74, 6) is -0.395. The quantitative estimate of drug-likeness (QED) is 0.415. The first kappa shape index (κ1) is 28.8. The number of hydrogen-bond acceptors (Lipinski definition) is 5. The van der Waals surface area contributed by atoms with E-state index < -0.39 is 11.6 Å². The predicted octanol–water partition coefficient (Wildman–Crippen LogP) is -0.132. The van der Waals surface area contributed by atoms with Gasteiger partial charge in [0, 0.05) is 12.4 Å². The van der Waals surface area contributed by atoms with Crippen molar-refractivity contribution in [3.05, 3.63) is 66.6 Å². The van der Waals surface area contributed by atoms with Crippen LogP contribution in [0.25, 0.3) is 0 Å². The first-order valence-electron chi connectivity index (χ1n) is 6.90. The molecule has 0 fully saturated rings. The summed E-state index contributed by atoms with van der Waals surface area (Å²) in [6.45, 7) is 7.34. The minimum absolute atomic E-state index is 0. The number of ether oxygens (including phenoxy) is 1. The number of carbonyl (C=O) groups is 1. The summed E-state index contributed by atoms with van der Waals surface area (Å²) >= 11 is 0. The molecule has 25 heavy (non-hydrogen) atoms. The van der Waals surface area contributed by atoms with Crippen LogP contribution < -0.4 is 17.0 Å². The zero-order chi connectivity index (χ0) is 16.8. The fourth-order valence-electron chi connectivity index (χ4n) is 1.62. The number of hydrogen-bond donors (Lipinski definition) is 1. The molecule has 0 aliphatic heterocycles. The number of esters is 1. The van der Waals surface area contributed by atoms with Gasteiger partial charge in [0.25, 0.3) is 0 Å². The van der Waals surface area contributed by atoms with Gasteiger partial charge in [0.2, 0.25) is 0 Å². The van der Waals surface area contributed by atoms with Crippen LogP contribution in [0.15, 0.2) is 36.7 Å². The van der Waals surface area contributed by atoms with E-state index in [1.54, 1.807) is 32.3 Å². The topological polar surface area (TPSA) is 72.3 Å². The van der Waals surface area contributed by atoms with Gasteiger partial charge < -0.3 is 34.3 Å². The van der Waals surface area contributed by atoms with Gasteiger partial charge in [-0.15, -0.1) is 0 Å². The van der Waals surface area contributed by atoms with Gasteiger partial charge in [-0.2, -0.15) is 0 Å². The third kappa shape index (κ3) is 10.5. The van der Waals surface area contributed by atoms with E-state index in [4.69, 9.17) is 0 Å². The normalized spacial score (nSPS) is 9.20.